The average molecular weight is 542 g/mol. The number of urea groups is 1. The summed E-state index contributed by atoms with van der Waals surface area (Å²) in [6, 6.07) is 6.10. The van der Waals surface area contributed by atoms with Gasteiger partial charge in [-0.3, -0.25) is 15.0 Å². The van der Waals surface area contributed by atoms with Gasteiger partial charge in [-0.1, -0.05) is 6.07 Å². The van der Waals surface area contributed by atoms with Crippen molar-refractivity contribution in [3.63, 3.8) is 0 Å². The topological polar surface area (TPSA) is 87.1 Å². The van der Waals surface area contributed by atoms with Crippen molar-refractivity contribution in [3.05, 3.63) is 30.0 Å². The maximum atomic E-state index is 15.7. The van der Waals surface area contributed by atoms with E-state index in [0.717, 1.165) is 48.1 Å². The van der Waals surface area contributed by atoms with Gasteiger partial charge < -0.3 is 19.1 Å². The van der Waals surface area contributed by atoms with Gasteiger partial charge in [-0.25, -0.2) is 14.0 Å². The molecule has 3 fully saturated rings. The number of likely N-dealkylation sites (tertiary alicyclic amines) is 2. The summed E-state index contributed by atoms with van der Waals surface area (Å²) in [7, 11) is 0. The number of anilines is 1. The molecular weight excluding hydrogens is 501 g/mol. The molecule has 0 saturated carbocycles. The predicted octanol–water partition coefficient (Wildman–Crippen LogP) is 4.77. The first-order valence-corrected chi connectivity index (χ1v) is 14.0. The second kappa shape index (κ2) is 10.4. The standard InChI is InChI=1S/C29H40FN5O4/c1-20-5-6-23-22(25(20)35-16-10-24(36)31-26(35)37)9-15-34(23)21-7-13-32(14-8-21)19-29(30)11-17-33(18-12-29)27(38)39-28(2,3)4/h5-6,9,15,21H,7-8,10-14,16-19H2,1-4H3,(H,31,36,37). The SMILES string of the molecule is Cc1ccc2c(ccn2C2CCN(CC3(F)CCN(C(=O)OC(C)(C)C)CC3)CC2)c1N1CCC(=O)NC1=O. The highest BCUT2D eigenvalue weighted by molar-refractivity contribution is 6.10. The molecular formula is C29H40FN5O4. The molecule has 0 bridgehead atoms. The Labute approximate surface area is 229 Å². The quantitative estimate of drug-likeness (QED) is 0.603. The number of carbonyl (C=O) groups is 3. The molecule has 9 nitrogen and oxygen atoms in total. The van der Waals surface area contributed by atoms with Crippen LogP contribution in [0.1, 0.15) is 64.5 Å². The van der Waals surface area contributed by atoms with Crippen molar-refractivity contribution in [2.24, 2.45) is 0 Å². The third-order valence-electron chi connectivity index (χ3n) is 8.17. The predicted molar refractivity (Wildman–Crippen MR) is 148 cm³/mol. The number of hydrogen-bond acceptors (Lipinski definition) is 5. The van der Waals surface area contributed by atoms with Crippen LogP contribution in [0.4, 0.5) is 19.7 Å². The highest BCUT2D eigenvalue weighted by Gasteiger charge is 2.39. The van der Waals surface area contributed by atoms with Crippen molar-refractivity contribution in [1.82, 2.24) is 19.7 Å². The van der Waals surface area contributed by atoms with Gasteiger partial charge in [0.15, 0.2) is 0 Å². The summed E-state index contributed by atoms with van der Waals surface area (Å²) in [5, 5.41) is 3.43. The van der Waals surface area contributed by atoms with E-state index in [1.807, 2.05) is 33.8 Å². The molecule has 0 unspecified atom stereocenters. The van der Waals surface area contributed by atoms with Crippen molar-refractivity contribution >= 4 is 34.6 Å². The Morgan fingerprint density at radius 1 is 1.08 bits per heavy atom. The lowest BCUT2D eigenvalue weighted by molar-refractivity contribution is -0.120. The van der Waals surface area contributed by atoms with E-state index >= 15 is 4.39 Å². The van der Waals surface area contributed by atoms with Crippen LogP contribution in [-0.4, -0.2) is 82.9 Å². The normalized spacial score (nSPS) is 21.4. The number of hydrogen-bond donors (Lipinski definition) is 1. The molecule has 212 valence electrons. The number of aryl methyl sites for hydroxylation is 1. The van der Waals surface area contributed by atoms with Crippen molar-refractivity contribution in [1.29, 1.82) is 0 Å². The number of imide groups is 1. The van der Waals surface area contributed by atoms with Crippen molar-refractivity contribution in [2.75, 3.05) is 44.2 Å². The van der Waals surface area contributed by atoms with Crippen LogP contribution < -0.4 is 10.2 Å². The number of halogens is 1. The summed E-state index contributed by atoms with van der Waals surface area (Å²) in [5.74, 6) is -0.242. The van der Waals surface area contributed by atoms with E-state index in [1.54, 1.807) is 9.80 Å². The second-order valence-corrected chi connectivity index (χ2v) is 12.3. The Morgan fingerprint density at radius 2 is 1.77 bits per heavy atom. The number of carbonyl (C=O) groups excluding carboxylic acids is 3. The molecule has 2 aromatic rings. The van der Waals surface area contributed by atoms with E-state index in [1.165, 1.54) is 0 Å². The Morgan fingerprint density at radius 3 is 2.41 bits per heavy atom. The molecule has 1 aromatic heterocycles. The first-order chi connectivity index (χ1) is 18.4. The van der Waals surface area contributed by atoms with Crippen LogP contribution in [-0.2, 0) is 9.53 Å². The molecule has 4 heterocycles. The Kier molecular flexibility index (Phi) is 7.35. The lowest BCUT2D eigenvalue weighted by Crippen LogP contribution is -2.51. The van der Waals surface area contributed by atoms with Crippen LogP contribution in [0.2, 0.25) is 0 Å². The molecule has 5 rings (SSSR count). The number of alkyl halides is 1. The number of nitrogens with one attached hydrogen (secondary N) is 1. The highest BCUT2D eigenvalue weighted by atomic mass is 19.1. The van der Waals surface area contributed by atoms with Crippen LogP contribution in [0.15, 0.2) is 24.4 Å². The number of aromatic nitrogens is 1. The van der Waals surface area contributed by atoms with Crippen LogP contribution in [0.5, 0.6) is 0 Å². The van der Waals surface area contributed by atoms with Gasteiger partial charge in [0.1, 0.15) is 11.3 Å². The van der Waals surface area contributed by atoms with Crippen molar-refractivity contribution in [2.45, 2.75) is 77.1 Å². The monoisotopic (exact) mass is 541 g/mol. The number of fused-ring (bicyclic) bond motifs is 1. The van der Waals surface area contributed by atoms with Gasteiger partial charge in [-0.2, -0.15) is 0 Å². The lowest BCUT2D eigenvalue weighted by Gasteiger charge is -2.41. The van der Waals surface area contributed by atoms with Gasteiger partial charge in [-0.15, -0.1) is 0 Å². The van der Waals surface area contributed by atoms with E-state index in [9.17, 15) is 14.4 Å². The van der Waals surface area contributed by atoms with Gasteiger partial charge in [0.25, 0.3) is 0 Å². The number of benzene rings is 1. The van der Waals surface area contributed by atoms with Crippen molar-refractivity contribution < 1.29 is 23.5 Å². The second-order valence-electron chi connectivity index (χ2n) is 12.3. The molecule has 0 aliphatic carbocycles. The number of piperidine rings is 2. The molecule has 0 atom stereocenters. The summed E-state index contributed by atoms with van der Waals surface area (Å²) in [6.07, 6.45) is 4.48. The van der Waals surface area contributed by atoms with E-state index < -0.39 is 11.3 Å². The summed E-state index contributed by atoms with van der Waals surface area (Å²) >= 11 is 0. The molecule has 0 radical (unpaired) electrons. The number of ether oxygens (including phenoxy) is 1. The highest BCUT2D eigenvalue weighted by Crippen LogP contribution is 2.36. The Hall–Kier alpha value is -3.14. The summed E-state index contributed by atoms with van der Waals surface area (Å²) < 4.78 is 23.5. The minimum atomic E-state index is -1.30. The first-order valence-electron chi connectivity index (χ1n) is 14.0. The molecule has 3 aliphatic rings. The van der Waals surface area contributed by atoms with Crippen LogP contribution in [0, 0.1) is 6.92 Å². The number of rotatable bonds is 4. The van der Waals surface area contributed by atoms with Crippen LogP contribution in [0.3, 0.4) is 0 Å². The number of nitrogens with zero attached hydrogens (tertiary/aromatic N) is 4. The van der Waals surface area contributed by atoms with Gasteiger partial charge in [0, 0.05) is 76.2 Å². The summed E-state index contributed by atoms with van der Waals surface area (Å²) in [5.41, 5.74) is 1.06. The lowest BCUT2D eigenvalue weighted by atomic mass is 9.91. The van der Waals surface area contributed by atoms with E-state index in [4.69, 9.17) is 4.74 Å². The molecule has 10 heteroatoms. The third-order valence-corrected chi connectivity index (χ3v) is 8.17. The largest absolute Gasteiger partial charge is 0.444 e. The van der Waals surface area contributed by atoms with E-state index in [-0.39, 0.29) is 30.5 Å². The minimum Gasteiger partial charge on any atom is -0.444 e. The fourth-order valence-electron chi connectivity index (χ4n) is 6.12. The van der Waals surface area contributed by atoms with Gasteiger partial charge in [0.05, 0.1) is 11.2 Å². The smallest absolute Gasteiger partial charge is 0.410 e. The number of amides is 4. The van der Waals surface area contributed by atoms with Gasteiger partial charge in [-0.05, 0) is 58.2 Å². The first kappa shape index (κ1) is 27.4. The molecule has 3 aliphatic heterocycles. The molecule has 3 saturated heterocycles. The van der Waals surface area contributed by atoms with Crippen LogP contribution >= 0.6 is 0 Å². The Balaban J connectivity index is 1.20. The minimum absolute atomic E-state index is 0.242. The molecule has 4 amide bonds. The van der Waals surface area contributed by atoms with E-state index in [0.29, 0.717) is 39.0 Å². The fourth-order valence-corrected chi connectivity index (χ4v) is 6.12. The zero-order valence-electron chi connectivity index (χ0n) is 23.5. The Bertz CT molecular complexity index is 1250. The van der Waals surface area contributed by atoms with Gasteiger partial charge >= 0.3 is 12.1 Å². The zero-order valence-corrected chi connectivity index (χ0v) is 23.5. The zero-order chi connectivity index (χ0) is 27.9. The summed E-state index contributed by atoms with van der Waals surface area (Å²) in [6.45, 7) is 10.6. The molecule has 1 aromatic carbocycles. The van der Waals surface area contributed by atoms with Crippen molar-refractivity contribution in [3.8, 4) is 0 Å². The molecule has 0 spiro atoms. The van der Waals surface area contributed by atoms with Crippen LogP contribution in [0.25, 0.3) is 10.9 Å². The summed E-state index contributed by atoms with van der Waals surface area (Å²) in [4.78, 5) is 42.1. The van der Waals surface area contributed by atoms with Gasteiger partial charge in [0.2, 0.25) is 5.91 Å². The third kappa shape index (κ3) is 5.90. The maximum absolute atomic E-state index is 15.7. The molecule has 39 heavy (non-hydrogen) atoms. The average Bonchev–Trinajstić information content (AvgIpc) is 3.28. The molecule has 1 N–H and O–H groups in total. The van der Waals surface area contributed by atoms with E-state index in [2.05, 4.69) is 33.1 Å². The fraction of sp³-hybridized carbons (Fsp3) is 0.621. The maximum Gasteiger partial charge on any atom is 0.410 e.